The summed E-state index contributed by atoms with van der Waals surface area (Å²) in [6.07, 6.45) is 1.64. The number of carbonyl (C=O) groups excluding carboxylic acids is 2. The van der Waals surface area contributed by atoms with Gasteiger partial charge in [0.15, 0.2) is 0 Å². The highest BCUT2D eigenvalue weighted by Gasteiger charge is 2.47. The van der Waals surface area contributed by atoms with Crippen LogP contribution in [0.25, 0.3) is 0 Å². The number of nitrogens with zero attached hydrogens (tertiary/aromatic N) is 2. The third-order valence-electron chi connectivity index (χ3n) is 5.37. The molecular weight excluding hydrogens is 424 g/mol. The summed E-state index contributed by atoms with van der Waals surface area (Å²) < 4.78 is 0.970. The summed E-state index contributed by atoms with van der Waals surface area (Å²) in [7, 11) is 0. The molecule has 0 aliphatic carbocycles. The minimum absolute atomic E-state index is 0.0826. The molecule has 6 heteroatoms. The minimum atomic E-state index is -0.183. The van der Waals surface area contributed by atoms with Crippen molar-refractivity contribution < 1.29 is 9.59 Å². The number of hydrogen-bond donors (Lipinski definition) is 0. The van der Waals surface area contributed by atoms with Crippen molar-refractivity contribution in [1.29, 1.82) is 0 Å². The van der Waals surface area contributed by atoms with Crippen LogP contribution >= 0.6 is 27.7 Å². The van der Waals surface area contributed by atoms with Crippen molar-refractivity contribution in [2.24, 2.45) is 0 Å². The summed E-state index contributed by atoms with van der Waals surface area (Å²) in [5, 5.41) is 0. The Morgan fingerprint density at radius 1 is 0.852 bits per heavy atom. The van der Waals surface area contributed by atoms with E-state index >= 15 is 0 Å². The highest BCUT2D eigenvalue weighted by Crippen LogP contribution is 2.44. The number of hydrogen-bond acceptors (Lipinski definition) is 3. The predicted molar refractivity (Wildman–Crippen MR) is 112 cm³/mol. The summed E-state index contributed by atoms with van der Waals surface area (Å²) in [4.78, 5) is 29.6. The van der Waals surface area contributed by atoms with E-state index in [0.29, 0.717) is 13.1 Å². The van der Waals surface area contributed by atoms with E-state index in [0.717, 1.165) is 40.7 Å². The number of halogens is 1. The zero-order valence-electron chi connectivity index (χ0n) is 14.9. The molecule has 2 fully saturated rings. The first kappa shape index (κ1) is 18.6. The summed E-state index contributed by atoms with van der Waals surface area (Å²) in [5.74, 6) is 1.13. The van der Waals surface area contributed by atoms with Gasteiger partial charge in [-0.25, -0.2) is 0 Å². The van der Waals surface area contributed by atoms with Crippen LogP contribution in [0, 0.1) is 0 Å². The van der Waals surface area contributed by atoms with Crippen LogP contribution < -0.4 is 0 Å². The first-order valence-corrected chi connectivity index (χ1v) is 10.9. The van der Waals surface area contributed by atoms with Gasteiger partial charge in [0.2, 0.25) is 0 Å². The molecule has 2 aromatic carbocycles. The van der Waals surface area contributed by atoms with Crippen LogP contribution in [0.5, 0.6) is 0 Å². The average Bonchev–Trinajstić information content (AvgIpc) is 3.11. The molecule has 0 N–H and O–H groups in total. The Balaban J connectivity index is 1.47. The first-order chi connectivity index (χ1) is 13.1. The van der Waals surface area contributed by atoms with Gasteiger partial charge in [0, 0.05) is 41.0 Å². The highest BCUT2D eigenvalue weighted by molar-refractivity contribution is 9.10. The fourth-order valence-electron chi connectivity index (χ4n) is 3.88. The van der Waals surface area contributed by atoms with Crippen molar-refractivity contribution in [3.8, 4) is 0 Å². The van der Waals surface area contributed by atoms with Gasteiger partial charge in [0.05, 0.1) is 4.87 Å². The quantitative estimate of drug-likeness (QED) is 0.694. The van der Waals surface area contributed by atoms with Gasteiger partial charge in [0.25, 0.3) is 11.8 Å². The topological polar surface area (TPSA) is 40.6 Å². The zero-order valence-corrected chi connectivity index (χ0v) is 17.3. The van der Waals surface area contributed by atoms with Crippen LogP contribution in [0.15, 0.2) is 59.1 Å². The van der Waals surface area contributed by atoms with Crippen LogP contribution in [0.3, 0.4) is 0 Å². The molecule has 4 nitrogen and oxygen atoms in total. The molecule has 2 heterocycles. The van der Waals surface area contributed by atoms with E-state index in [2.05, 4.69) is 15.9 Å². The van der Waals surface area contributed by atoms with Gasteiger partial charge in [-0.3, -0.25) is 9.59 Å². The molecule has 4 rings (SSSR count). The van der Waals surface area contributed by atoms with Crippen LogP contribution in [-0.2, 0) is 0 Å². The number of carbonyl (C=O) groups is 2. The molecule has 2 amide bonds. The Morgan fingerprint density at radius 3 is 2.15 bits per heavy atom. The third kappa shape index (κ3) is 3.65. The van der Waals surface area contributed by atoms with Crippen molar-refractivity contribution in [1.82, 2.24) is 9.80 Å². The maximum absolute atomic E-state index is 13.1. The lowest BCUT2D eigenvalue weighted by atomic mass is 10.00. The molecular formula is C21H21BrN2O2S. The molecule has 2 aliphatic heterocycles. The molecule has 0 bridgehead atoms. The maximum atomic E-state index is 13.1. The second-order valence-corrected chi connectivity index (χ2v) is 9.29. The van der Waals surface area contributed by atoms with Crippen LogP contribution in [-0.4, -0.2) is 51.9 Å². The largest absolute Gasteiger partial charge is 0.338 e. The van der Waals surface area contributed by atoms with Gasteiger partial charge in [-0.1, -0.05) is 34.1 Å². The second kappa shape index (κ2) is 7.68. The zero-order chi connectivity index (χ0) is 18.9. The number of thioether (sulfide) groups is 1. The van der Waals surface area contributed by atoms with Gasteiger partial charge in [-0.2, -0.15) is 0 Å². The normalized spacial score (nSPS) is 18.7. The molecule has 2 aromatic rings. The summed E-state index contributed by atoms with van der Waals surface area (Å²) in [5.41, 5.74) is 1.46. The molecule has 1 spiro atoms. The van der Waals surface area contributed by atoms with E-state index in [4.69, 9.17) is 0 Å². The number of likely N-dealkylation sites (tertiary alicyclic amines) is 1. The Kier molecular flexibility index (Phi) is 5.28. The monoisotopic (exact) mass is 444 g/mol. The Labute approximate surface area is 172 Å². The lowest BCUT2D eigenvalue weighted by Gasteiger charge is -2.44. The SMILES string of the molecule is O=C(c1ccccc1)N1CCC2(CC1)SCCN2C(=O)c1ccc(Br)cc1. The molecule has 0 radical (unpaired) electrons. The van der Waals surface area contributed by atoms with E-state index in [1.54, 1.807) is 0 Å². The van der Waals surface area contributed by atoms with E-state index in [-0.39, 0.29) is 16.7 Å². The fourth-order valence-corrected chi connectivity index (χ4v) is 5.60. The summed E-state index contributed by atoms with van der Waals surface area (Å²) >= 11 is 5.29. The number of benzene rings is 2. The molecule has 27 heavy (non-hydrogen) atoms. The lowest BCUT2D eigenvalue weighted by Crippen LogP contribution is -2.53. The Morgan fingerprint density at radius 2 is 1.48 bits per heavy atom. The Bertz CT molecular complexity index is 833. The number of piperidine rings is 1. The van der Waals surface area contributed by atoms with Gasteiger partial charge in [0.1, 0.15) is 0 Å². The van der Waals surface area contributed by atoms with Crippen molar-refractivity contribution in [3.63, 3.8) is 0 Å². The van der Waals surface area contributed by atoms with Crippen molar-refractivity contribution >= 4 is 39.5 Å². The molecule has 0 unspecified atom stereocenters. The smallest absolute Gasteiger partial charge is 0.254 e. The third-order valence-corrected chi connectivity index (χ3v) is 7.45. The minimum Gasteiger partial charge on any atom is -0.338 e. The van der Waals surface area contributed by atoms with Crippen LogP contribution in [0.2, 0.25) is 0 Å². The average molecular weight is 445 g/mol. The van der Waals surface area contributed by atoms with E-state index in [1.807, 2.05) is 76.2 Å². The number of rotatable bonds is 2. The van der Waals surface area contributed by atoms with Crippen LogP contribution in [0.4, 0.5) is 0 Å². The number of amides is 2. The first-order valence-electron chi connectivity index (χ1n) is 9.15. The molecule has 0 saturated carbocycles. The van der Waals surface area contributed by atoms with Gasteiger partial charge in [-0.05, 0) is 49.2 Å². The van der Waals surface area contributed by atoms with Gasteiger partial charge in [-0.15, -0.1) is 11.8 Å². The highest BCUT2D eigenvalue weighted by atomic mass is 79.9. The van der Waals surface area contributed by atoms with Crippen LogP contribution in [0.1, 0.15) is 33.6 Å². The summed E-state index contributed by atoms with van der Waals surface area (Å²) in [6, 6.07) is 17.0. The van der Waals surface area contributed by atoms with Crippen molar-refractivity contribution in [3.05, 3.63) is 70.2 Å². The second-order valence-electron chi connectivity index (χ2n) is 6.92. The van der Waals surface area contributed by atoms with E-state index in [1.165, 1.54) is 0 Å². The van der Waals surface area contributed by atoms with Gasteiger partial charge < -0.3 is 9.80 Å². The van der Waals surface area contributed by atoms with Crippen molar-refractivity contribution in [2.45, 2.75) is 17.7 Å². The molecule has 2 aliphatic rings. The lowest BCUT2D eigenvalue weighted by molar-refractivity contribution is 0.0498. The standard InChI is InChI=1S/C21H21BrN2O2S/c22-18-8-6-17(7-9-18)20(26)24-14-15-27-21(24)10-12-23(13-11-21)19(25)16-4-2-1-3-5-16/h1-9H,10-15H2. The Hall–Kier alpha value is -1.79. The maximum Gasteiger partial charge on any atom is 0.254 e. The van der Waals surface area contributed by atoms with E-state index in [9.17, 15) is 9.59 Å². The molecule has 0 atom stereocenters. The van der Waals surface area contributed by atoms with Gasteiger partial charge >= 0.3 is 0 Å². The fraction of sp³-hybridized carbons (Fsp3) is 0.333. The molecule has 140 valence electrons. The molecule has 2 saturated heterocycles. The predicted octanol–water partition coefficient (Wildman–Crippen LogP) is 4.27. The summed E-state index contributed by atoms with van der Waals surface area (Å²) in [6.45, 7) is 2.14. The van der Waals surface area contributed by atoms with Crippen molar-refractivity contribution in [2.75, 3.05) is 25.4 Å². The van der Waals surface area contributed by atoms with E-state index < -0.39 is 0 Å². The molecule has 0 aromatic heterocycles.